The Kier molecular flexibility index (Phi) is 6.46. The lowest BCUT2D eigenvalue weighted by Gasteiger charge is -2.30. The van der Waals surface area contributed by atoms with Gasteiger partial charge in [0.25, 0.3) is 0 Å². The number of sulfonamides is 1. The number of hydrogen-bond acceptors (Lipinski definition) is 4. The van der Waals surface area contributed by atoms with Gasteiger partial charge in [-0.1, -0.05) is 25.4 Å². The van der Waals surface area contributed by atoms with Crippen molar-refractivity contribution in [3.05, 3.63) is 23.5 Å². The number of halogens is 2. The van der Waals surface area contributed by atoms with Crippen LogP contribution in [-0.2, 0) is 10.0 Å². The zero-order valence-electron chi connectivity index (χ0n) is 13.3. The SMILES string of the molecule is CC(C)CC(C)(CN)NS(=O)(=O)c1c[nH]c2nccc(Cl)c12.Cl. The molecule has 0 aliphatic rings. The minimum Gasteiger partial charge on any atom is -0.345 e. The third-order valence-electron chi connectivity index (χ3n) is 3.47. The molecule has 2 rings (SSSR count). The van der Waals surface area contributed by atoms with Crippen molar-refractivity contribution in [2.24, 2.45) is 11.7 Å². The van der Waals surface area contributed by atoms with Crippen LogP contribution < -0.4 is 10.5 Å². The number of H-pyrrole nitrogens is 1. The van der Waals surface area contributed by atoms with Crippen molar-refractivity contribution in [3.63, 3.8) is 0 Å². The molecule has 0 spiro atoms. The molecule has 1 unspecified atom stereocenters. The summed E-state index contributed by atoms with van der Waals surface area (Å²) in [5.41, 5.74) is 5.50. The summed E-state index contributed by atoms with van der Waals surface area (Å²) in [5, 5.41) is 0.727. The molecule has 2 aromatic heterocycles. The number of aromatic amines is 1. The fourth-order valence-electron chi connectivity index (χ4n) is 2.65. The maximum Gasteiger partial charge on any atom is 0.243 e. The van der Waals surface area contributed by atoms with Gasteiger partial charge in [-0.05, 0) is 25.3 Å². The van der Waals surface area contributed by atoms with E-state index in [0.717, 1.165) is 0 Å². The highest BCUT2D eigenvalue weighted by molar-refractivity contribution is 7.89. The Morgan fingerprint density at radius 3 is 2.70 bits per heavy atom. The van der Waals surface area contributed by atoms with E-state index in [2.05, 4.69) is 14.7 Å². The first kappa shape index (κ1) is 20.2. The van der Waals surface area contributed by atoms with Gasteiger partial charge in [0.05, 0.1) is 10.4 Å². The average molecular weight is 381 g/mol. The zero-order chi connectivity index (χ0) is 16.5. The van der Waals surface area contributed by atoms with E-state index >= 15 is 0 Å². The molecule has 0 aliphatic heterocycles. The van der Waals surface area contributed by atoms with Gasteiger partial charge in [-0.15, -0.1) is 12.4 Å². The summed E-state index contributed by atoms with van der Waals surface area (Å²) in [6.45, 7) is 6.06. The minimum absolute atomic E-state index is 0. The molecular formula is C14H22Cl2N4O2S. The van der Waals surface area contributed by atoms with Gasteiger partial charge in [0.15, 0.2) is 0 Å². The van der Waals surface area contributed by atoms with Crippen molar-refractivity contribution in [2.45, 2.75) is 37.6 Å². The molecule has 0 aromatic carbocycles. The number of rotatable bonds is 6. The van der Waals surface area contributed by atoms with E-state index in [1.807, 2.05) is 13.8 Å². The maximum absolute atomic E-state index is 12.7. The highest BCUT2D eigenvalue weighted by Gasteiger charge is 2.32. The first-order valence-electron chi connectivity index (χ1n) is 7.04. The monoisotopic (exact) mass is 380 g/mol. The summed E-state index contributed by atoms with van der Waals surface area (Å²) < 4.78 is 28.2. The van der Waals surface area contributed by atoms with Crippen molar-refractivity contribution in [2.75, 3.05) is 6.54 Å². The van der Waals surface area contributed by atoms with Crippen molar-refractivity contribution < 1.29 is 8.42 Å². The molecule has 2 heterocycles. The molecule has 6 nitrogen and oxygen atoms in total. The Balaban J connectivity index is 0.00000264. The van der Waals surface area contributed by atoms with E-state index in [1.165, 1.54) is 12.4 Å². The van der Waals surface area contributed by atoms with Crippen LogP contribution in [0.4, 0.5) is 0 Å². The molecule has 23 heavy (non-hydrogen) atoms. The molecule has 2 aromatic rings. The van der Waals surface area contributed by atoms with Crippen LogP contribution in [0.5, 0.6) is 0 Å². The average Bonchev–Trinajstić information content (AvgIpc) is 2.83. The van der Waals surface area contributed by atoms with E-state index in [0.29, 0.717) is 28.4 Å². The molecule has 0 bridgehead atoms. The van der Waals surface area contributed by atoms with Crippen molar-refractivity contribution in [1.82, 2.24) is 14.7 Å². The number of pyridine rings is 1. The summed E-state index contributed by atoms with van der Waals surface area (Å²) in [4.78, 5) is 7.01. The van der Waals surface area contributed by atoms with E-state index in [-0.39, 0.29) is 23.8 Å². The van der Waals surface area contributed by atoms with Crippen molar-refractivity contribution in [3.8, 4) is 0 Å². The molecule has 0 fully saturated rings. The number of nitrogens with one attached hydrogen (secondary N) is 2. The van der Waals surface area contributed by atoms with Crippen LogP contribution in [0, 0.1) is 5.92 Å². The van der Waals surface area contributed by atoms with Gasteiger partial charge in [-0.25, -0.2) is 18.1 Å². The first-order valence-corrected chi connectivity index (χ1v) is 8.90. The van der Waals surface area contributed by atoms with Crippen LogP contribution in [0.3, 0.4) is 0 Å². The molecule has 9 heteroatoms. The molecule has 0 aliphatic carbocycles. The topological polar surface area (TPSA) is 101 Å². The maximum atomic E-state index is 12.7. The van der Waals surface area contributed by atoms with Crippen LogP contribution in [0.1, 0.15) is 27.2 Å². The van der Waals surface area contributed by atoms with Gasteiger partial charge in [-0.2, -0.15) is 0 Å². The molecule has 0 amide bonds. The molecule has 4 N–H and O–H groups in total. The van der Waals surface area contributed by atoms with Gasteiger partial charge in [-0.3, -0.25) is 0 Å². The highest BCUT2D eigenvalue weighted by atomic mass is 35.5. The Morgan fingerprint density at radius 2 is 2.13 bits per heavy atom. The Morgan fingerprint density at radius 1 is 1.48 bits per heavy atom. The van der Waals surface area contributed by atoms with Crippen LogP contribution in [0.25, 0.3) is 11.0 Å². The number of hydrogen-bond donors (Lipinski definition) is 3. The molecule has 1 atom stereocenters. The standard InChI is InChI=1S/C14H21ClN4O2S.ClH/c1-9(2)6-14(3,8-16)19-22(20,21)11-7-18-13-12(11)10(15)4-5-17-13;/h4-5,7,9,19H,6,8,16H2,1-3H3,(H,17,18);1H. The predicted octanol–water partition coefficient (Wildman–Crippen LogP) is 2.68. The largest absolute Gasteiger partial charge is 0.345 e. The smallest absolute Gasteiger partial charge is 0.243 e. The van der Waals surface area contributed by atoms with Gasteiger partial charge >= 0.3 is 0 Å². The number of aromatic nitrogens is 2. The van der Waals surface area contributed by atoms with Gasteiger partial charge < -0.3 is 10.7 Å². The summed E-state index contributed by atoms with van der Waals surface area (Å²) in [6, 6.07) is 1.56. The Labute approximate surface area is 147 Å². The van der Waals surface area contributed by atoms with E-state index in [4.69, 9.17) is 17.3 Å². The fraction of sp³-hybridized carbons (Fsp3) is 0.500. The summed E-state index contributed by atoms with van der Waals surface area (Å²) >= 11 is 6.12. The molecular weight excluding hydrogens is 359 g/mol. The normalized spacial score (nSPS) is 14.7. The Bertz CT molecular complexity index is 776. The van der Waals surface area contributed by atoms with Gasteiger partial charge in [0, 0.05) is 24.5 Å². The van der Waals surface area contributed by atoms with Crippen molar-refractivity contribution >= 4 is 45.1 Å². The second-order valence-corrected chi connectivity index (χ2v) is 8.20. The zero-order valence-corrected chi connectivity index (χ0v) is 15.6. The second kappa shape index (κ2) is 7.36. The molecule has 0 saturated carbocycles. The fourth-order valence-corrected chi connectivity index (χ4v) is 4.57. The molecule has 130 valence electrons. The first-order chi connectivity index (χ1) is 10.2. The van der Waals surface area contributed by atoms with E-state index < -0.39 is 15.6 Å². The van der Waals surface area contributed by atoms with Crippen LogP contribution >= 0.6 is 24.0 Å². The highest BCUT2D eigenvalue weighted by Crippen LogP contribution is 2.29. The summed E-state index contributed by atoms with van der Waals surface area (Å²) in [7, 11) is -3.77. The van der Waals surface area contributed by atoms with Crippen molar-refractivity contribution in [1.29, 1.82) is 0 Å². The number of nitrogens with two attached hydrogens (primary N) is 1. The third-order valence-corrected chi connectivity index (χ3v) is 5.44. The lowest BCUT2D eigenvalue weighted by molar-refractivity contribution is 0.344. The third kappa shape index (κ3) is 4.36. The Hall–Kier alpha value is -0.860. The van der Waals surface area contributed by atoms with Gasteiger partial charge in [0.1, 0.15) is 10.5 Å². The predicted molar refractivity (Wildman–Crippen MR) is 95.6 cm³/mol. The summed E-state index contributed by atoms with van der Waals surface area (Å²) in [5.74, 6) is 0.310. The quantitative estimate of drug-likeness (QED) is 0.716. The van der Waals surface area contributed by atoms with E-state index in [9.17, 15) is 8.42 Å². The minimum atomic E-state index is -3.77. The lowest BCUT2D eigenvalue weighted by Crippen LogP contribution is -2.51. The molecule has 0 saturated heterocycles. The van der Waals surface area contributed by atoms with Gasteiger partial charge in [0.2, 0.25) is 10.0 Å². The molecule has 0 radical (unpaired) electrons. The number of nitrogens with zero attached hydrogens (tertiary/aromatic N) is 1. The van der Waals surface area contributed by atoms with Crippen LogP contribution in [-0.4, -0.2) is 30.5 Å². The van der Waals surface area contributed by atoms with E-state index in [1.54, 1.807) is 13.0 Å². The number of fused-ring (bicyclic) bond motifs is 1. The summed E-state index contributed by atoms with van der Waals surface area (Å²) in [6.07, 6.45) is 3.56. The second-order valence-electron chi connectivity index (χ2n) is 6.14. The lowest BCUT2D eigenvalue weighted by atomic mass is 9.92. The van der Waals surface area contributed by atoms with Crippen LogP contribution in [0.15, 0.2) is 23.4 Å². The van der Waals surface area contributed by atoms with Crippen LogP contribution in [0.2, 0.25) is 5.02 Å².